The lowest BCUT2D eigenvalue weighted by Gasteiger charge is -1.99. The summed E-state index contributed by atoms with van der Waals surface area (Å²) in [6.45, 7) is 4.56. The van der Waals surface area contributed by atoms with E-state index in [2.05, 4.69) is 18.8 Å². The summed E-state index contributed by atoms with van der Waals surface area (Å²) in [5.74, 6) is 0. The van der Waals surface area contributed by atoms with Crippen molar-refractivity contribution < 1.29 is 0 Å². The molecule has 0 amide bonds. The first-order valence-electron chi connectivity index (χ1n) is 7.76. The normalized spacial score (nSPS) is 9.16. The van der Waals surface area contributed by atoms with Crippen molar-refractivity contribution >= 4 is 12.4 Å². The van der Waals surface area contributed by atoms with E-state index in [0.29, 0.717) is 0 Å². The molecule has 0 spiro atoms. The third-order valence-electron chi connectivity index (χ3n) is 3.02. The van der Waals surface area contributed by atoms with Crippen LogP contribution in [0.1, 0.15) is 78.1 Å². The van der Waals surface area contributed by atoms with Crippen molar-refractivity contribution in [2.45, 2.75) is 78.1 Å². The predicted octanol–water partition coefficient (Wildman–Crippen LogP) is 6.43. The molecule has 1 aromatic rings. The third-order valence-corrected chi connectivity index (χ3v) is 3.02. The van der Waals surface area contributed by atoms with E-state index < -0.39 is 0 Å². The fraction of sp³-hybridized carbons (Fsp3) is 0.706. The van der Waals surface area contributed by atoms with Crippen LogP contribution in [0.3, 0.4) is 0 Å². The Morgan fingerprint density at radius 3 is 1.16 bits per heavy atom. The maximum Gasteiger partial charge on any atom is 0.0267 e. The molecule has 2 heteroatoms. The Labute approximate surface area is 126 Å². The minimum absolute atomic E-state index is 0. The van der Waals surface area contributed by atoms with Crippen LogP contribution in [-0.4, -0.2) is 4.98 Å². The number of hydrogen-bond donors (Lipinski definition) is 0. The molecule has 1 aromatic heterocycles. The number of unbranched alkanes of at least 4 members (excludes halogenated alkanes) is 9. The van der Waals surface area contributed by atoms with Gasteiger partial charge in [0.15, 0.2) is 0 Å². The van der Waals surface area contributed by atoms with Crippen LogP contribution in [0, 0.1) is 0 Å². The van der Waals surface area contributed by atoms with Gasteiger partial charge in [-0.3, -0.25) is 4.98 Å². The second-order valence-electron chi connectivity index (χ2n) is 4.85. The minimum atomic E-state index is 0. The van der Waals surface area contributed by atoms with Crippen molar-refractivity contribution in [2.24, 2.45) is 0 Å². The highest BCUT2D eigenvalue weighted by Crippen LogP contribution is 2.09. The van der Waals surface area contributed by atoms with Gasteiger partial charge in [-0.15, -0.1) is 12.4 Å². The Bertz CT molecular complexity index is 189. The van der Waals surface area contributed by atoms with Gasteiger partial charge < -0.3 is 0 Å². The summed E-state index contributed by atoms with van der Waals surface area (Å²) in [5, 5.41) is 0. The standard InChI is InChI=1S/C12H26.C5H5N.ClH/c1-3-5-7-9-11-12-10-8-6-4-2;1-2-4-6-5-3-1;/h3-12H2,1-2H3;1-5H;1H. The Morgan fingerprint density at radius 2 is 0.947 bits per heavy atom. The van der Waals surface area contributed by atoms with Gasteiger partial charge in [0.25, 0.3) is 0 Å². The van der Waals surface area contributed by atoms with Crippen LogP contribution >= 0.6 is 12.4 Å². The van der Waals surface area contributed by atoms with Crippen LogP contribution in [0.25, 0.3) is 0 Å². The average Bonchev–Trinajstić information content (AvgIpc) is 2.44. The lowest BCUT2D eigenvalue weighted by Crippen LogP contribution is -1.80. The molecule has 1 heterocycles. The molecule has 0 bridgehead atoms. The number of aromatic nitrogens is 1. The minimum Gasteiger partial charge on any atom is -0.265 e. The SMILES string of the molecule is CCCCCCCCCCCC.Cl.c1ccncc1. The number of halogens is 1. The number of nitrogens with zero attached hydrogens (tertiary/aromatic N) is 1. The van der Waals surface area contributed by atoms with Crippen LogP contribution < -0.4 is 0 Å². The second-order valence-corrected chi connectivity index (χ2v) is 4.85. The van der Waals surface area contributed by atoms with Crippen molar-refractivity contribution in [3.63, 3.8) is 0 Å². The zero-order chi connectivity index (χ0) is 13.3. The molecule has 112 valence electrons. The summed E-state index contributed by atoms with van der Waals surface area (Å²) in [4.78, 5) is 3.78. The summed E-state index contributed by atoms with van der Waals surface area (Å²) < 4.78 is 0. The molecule has 0 N–H and O–H groups in total. The Hall–Kier alpha value is -0.560. The van der Waals surface area contributed by atoms with Crippen LogP contribution in [0.4, 0.5) is 0 Å². The predicted molar refractivity (Wildman–Crippen MR) is 89.0 cm³/mol. The molecule has 0 atom stereocenters. The van der Waals surface area contributed by atoms with Gasteiger partial charge in [0.05, 0.1) is 0 Å². The molecule has 0 radical (unpaired) electrons. The van der Waals surface area contributed by atoms with Gasteiger partial charge in [0.1, 0.15) is 0 Å². The lowest BCUT2D eigenvalue weighted by molar-refractivity contribution is 0.562. The van der Waals surface area contributed by atoms with Crippen molar-refractivity contribution in [2.75, 3.05) is 0 Å². The first-order chi connectivity index (χ1) is 8.91. The van der Waals surface area contributed by atoms with Gasteiger partial charge in [-0.05, 0) is 12.1 Å². The van der Waals surface area contributed by atoms with Crippen molar-refractivity contribution in [3.8, 4) is 0 Å². The van der Waals surface area contributed by atoms with E-state index in [9.17, 15) is 0 Å². The second kappa shape index (κ2) is 19.8. The van der Waals surface area contributed by atoms with Crippen molar-refractivity contribution in [1.29, 1.82) is 0 Å². The van der Waals surface area contributed by atoms with E-state index in [0.717, 1.165) is 0 Å². The van der Waals surface area contributed by atoms with E-state index >= 15 is 0 Å². The summed E-state index contributed by atoms with van der Waals surface area (Å²) in [6.07, 6.45) is 17.9. The topological polar surface area (TPSA) is 12.9 Å². The number of hydrogen-bond acceptors (Lipinski definition) is 1. The van der Waals surface area contributed by atoms with Crippen molar-refractivity contribution in [1.82, 2.24) is 4.98 Å². The molecule has 0 aliphatic carbocycles. The van der Waals surface area contributed by atoms with E-state index in [1.54, 1.807) is 12.4 Å². The molecule has 0 unspecified atom stereocenters. The number of pyridine rings is 1. The van der Waals surface area contributed by atoms with Gasteiger partial charge in [0.2, 0.25) is 0 Å². The van der Waals surface area contributed by atoms with E-state index in [1.807, 2.05) is 18.2 Å². The lowest BCUT2D eigenvalue weighted by atomic mass is 10.1. The van der Waals surface area contributed by atoms with Gasteiger partial charge in [-0.1, -0.05) is 84.1 Å². The van der Waals surface area contributed by atoms with Crippen molar-refractivity contribution in [3.05, 3.63) is 30.6 Å². The molecule has 0 saturated carbocycles. The molecule has 0 saturated heterocycles. The number of rotatable bonds is 9. The molecule has 0 aliphatic rings. The van der Waals surface area contributed by atoms with E-state index in [4.69, 9.17) is 0 Å². The van der Waals surface area contributed by atoms with Gasteiger partial charge >= 0.3 is 0 Å². The first-order valence-corrected chi connectivity index (χ1v) is 7.76. The molecule has 1 rings (SSSR count). The van der Waals surface area contributed by atoms with Crippen LogP contribution in [0.2, 0.25) is 0 Å². The maximum absolute atomic E-state index is 3.78. The highest BCUT2D eigenvalue weighted by Gasteiger charge is 1.90. The van der Waals surface area contributed by atoms with Crippen LogP contribution in [0.5, 0.6) is 0 Å². The zero-order valence-corrected chi connectivity index (χ0v) is 13.6. The molecule has 0 aromatic carbocycles. The third kappa shape index (κ3) is 19.9. The van der Waals surface area contributed by atoms with Gasteiger partial charge in [0, 0.05) is 12.4 Å². The quantitative estimate of drug-likeness (QED) is 0.476. The maximum atomic E-state index is 3.78. The molecule has 0 aliphatic heterocycles. The first kappa shape index (κ1) is 20.8. The van der Waals surface area contributed by atoms with Crippen LogP contribution in [0.15, 0.2) is 30.6 Å². The Morgan fingerprint density at radius 1 is 0.579 bits per heavy atom. The molecular weight excluding hydrogens is 254 g/mol. The fourth-order valence-corrected chi connectivity index (χ4v) is 1.87. The summed E-state index contributed by atoms with van der Waals surface area (Å²) in [7, 11) is 0. The fourth-order valence-electron chi connectivity index (χ4n) is 1.87. The zero-order valence-electron chi connectivity index (χ0n) is 12.8. The Balaban J connectivity index is 0. The highest BCUT2D eigenvalue weighted by atomic mass is 35.5. The average molecular weight is 286 g/mol. The van der Waals surface area contributed by atoms with Gasteiger partial charge in [-0.25, -0.2) is 0 Å². The van der Waals surface area contributed by atoms with Crippen LogP contribution in [-0.2, 0) is 0 Å². The van der Waals surface area contributed by atoms with E-state index in [1.165, 1.54) is 64.2 Å². The Kier molecular flexibility index (Phi) is 21.6. The monoisotopic (exact) mass is 285 g/mol. The molecule has 0 fully saturated rings. The van der Waals surface area contributed by atoms with Gasteiger partial charge in [-0.2, -0.15) is 0 Å². The highest BCUT2D eigenvalue weighted by molar-refractivity contribution is 5.85. The largest absolute Gasteiger partial charge is 0.265 e. The van der Waals surface area contributed by atoms with E-state index in [-0.39, 0.29) is 12.4 Å². The summed E-state index contributed by atoms with van der Waals surface area (Å²) in [6, 6.07) is 5.72. The molecule has 19 heavy (non-hydrogen) atoms. The summed E-state index contributed by atoms with van der Waals surface area (Å²) >= 11 is 0. The molecule has 1 nitrogen and oxygen atoms in total. The summed E-state index contributed by atoms with van der Waals surface area (Å²) in [5.41, 5.74) is 0. The molecular formula is C17H32ClN. The smallest absolute Gasteiger partial charge is 0.0267 e.